The first-order valence-corrected chi connectivity index (χ1v) is 9.59. The van der Waals surface area contributed by atoms with Gasteiger partial charge in [-0.15, -0.1) is 0 Å². The molecule has 1 aliphatic rings. The highest BCUT2D eigenvalue weighted by Crippen LogP contribution is 2.30. The second-order valence-electron chi connectivity index (χ2n) is 5.24. The van der Waals surface area contributed by atoms with Crippen molar-refractivity contribution in [2.75, 3.05) is 6.61 Å². The average Bonchev–Trinajstić information content (AvgIpc) is 2.52. The highest BCUT2D eigenvalue weighted by atomic mass is 32.3. The quantitative estimate of drug-likeness (QED) is 0.0998. The van der Waals surface area contributed by atoms with Crippen molar-refractivity contribution in [2.24, 2.45) is 5.16 Å². The van der Waals surface area contributed by atoms with Gasteiger partial charge in [0, 0.05) is 0 Å². The van der Waals surface area contributed by atoms with E-state index < -0.39 is 46.9 Å². The molecular weight excluding hydrogens is 366 g/mol. The van der Waals surface area contributed by atoms with Crippen LogP contribution in [0.3, 0.4) is 0 Å². The van der Waals surface area contributed by atoms with Gasteiger partial charge in [0.15, 0.2) is 0 Å². The van der Waals surface area contributed by atoms with Crippen LogP contribution in [-0.4, -0.2) is 74.9 Å². The second-order valence-corrected chi connectivity index (χ2v) is 7.38. The summed E-state index contributed by atoms with van der Waals surface area (Å²) in [7, 11) is -5.02. The molecule has 0 bridgehead atoms. The average molecular weight is 388 g/mol. The zero-order valence-electron chi connectivity index (χ0n) is 13.0. The van der Waals surface area contributed by atoms with Crippen molar-refractivity contribution in [3.05, 3.63) is 0 Å². The van der Waals surface area contributed by atoms with Crippen molar-refractivity contribution in [3.63, 3.8) is 0 Å². The van der Waals surface area contributed by atoms with Crippen molar-refractivity contribution in [1.29, 1.82) is 0 Å². The molecular formula is C12H22NO9S2-. The Hall–Kier alpha value is -0.470. The van der Waals surface area contributed by atoms with Crippen LogP contribution in [0, 0.1) is 0 Å². The zero-order chi connectivity index (χ0) is 18.3. The van der Waals surface area contributed by atoms with Crippen LogP contribution in [0.5, 0.6) is 0 Å². The first kappa shape index (κ1) is 21.6. The molecule has 4 N–H and O–H groups in total. The minimum absolute atomic E-state index is 0.0761. The first-order valence-electron chi connectivity index (χ1n) is 7.38. The lowest BCUT2D eigenvalue weighted by Gasteiger charge is -2.39. The highest BCUT2D eigenvalue weighted by molar-refractivity contribution is 8.14. The smallest absolute Gasteiger partial charge is 0.284 e. The molecule has 1 rings (SSSR count). The molecule has 0 aliphatic carbocycles. The fourth-order valence-corrected chi connectivity index (χ4v) is 3.38. The molecule has 0 saturated carbocycles. The van der Waals surface area contributed by atoms with Crippen LogP contribution in [0.2, 0.25) is 0 Å². The van der Waals surface area contributed by atoms with Crippen molar-refractivity contribution < 1.29 is 42.4 Å². The molecule has 12 heteroatoms. The maximum absolute atomic E-state index is 10.5. The third-order valence-corrected chi connectivity index (χ3v) is 4.76. The summed E-state index contributed by atoms with van der Waals surface area (Å²) in [5, 5.41) is 41.9. The molecule has 1 fully saturated rings. The maximum Gasteiger partial charge on any atom is 0.284 e. The minimum atomic E-state index is -5.02. The summed E-state index contributed by atoms with van der Waals surface area (Å²) >= 11 is 0.757. The summed E-state index contributed by atoms with van der Waals surface area (Å²) in [5.74, 6) is 0. The molecule has 0 amide bonds. The Morgan fingerprint density at radius 3 is 2.46 bits per heavy atom. The van der Waals surface area contributed by atoms with Gasteiger partial charge >= 0.3 is 0 Å². The summed E-state index contributed by atoms with van der Waals surface area (Å²) in [6.45, 7) is 1.37. The number of ether oxygens (including phenoxy) is 1. The Morgan fingerprint density at radius 2 is 1.92 bits per heavy atom. The van der Waals surface area contributed by atoms with Crippen LogP contribution in [0.4, 0.5) is 0 Å². The Balaban J connectivity index is 2.82. The third kappa shape index (κ3) is 6.80. The lowest BCUT2D eigenvalue weighted by atomic mass is 10.0. The number of nitrogens with zero attached hydrogens (tertiary/aromatic N) is 1. The van der Waals surface area contributed by atoms with E-state index in [2.05, 4.69) is 9.44 Å². The molecule has 1 aliphatic heterocycles. The van der Waals surface area contributed by atoms with E-state index in [-0.39, 0.29) is 11.5 Å². The van der Waals surface area contributed by atoms with E-state index in [0.29, 0.717) is 6.42 Å². The number of aliphatic hydroxyl groups excluding tert-OH is 4. The normalized spacial score (nSPS) is 31.9. The number of oxime groups is 1. The van der Waals surface area contributed by atoms with Crippen LogP contribution in [0.15, 0.2) is 5.16 Å². The van der Waals surface area contributed by atoms with Crippen LogP contribution in [0.1, 0.15) is 32.6 Å². The molecule has 0 radical (unpaired) electrons. The van der Waals surface area contributed by atoms with Crippen molar-refractivity contribution in [1.82, 2.24) is 0 Å². The van der Waals surface area contributed by atoms with Crippen LogP contribution in [0.25, 0.3) is 0 Å². The molecule has 0 unspecified atom stereocenters. The van der Waals surface area contributed by atoms with Crippen molar-refractivity contribution >= 4 is 27.2 Å². The first-order chi connectivity index (χ1) is 11.2. The molecule has 142 valence electrons. The SMILES string of the molecule is CCCCC/C(=N\OS(=O)(=O)[O-])S[C@@H]1O[C@H](CO)[C@@H](O)[C@H](O)[C@H]1O. The predicted molar refractivity (Wildman–Crippen MR) is 83.7 cm³/mol. The van der Waals surface area contributed by atoms with E-state index >= 15 is 0 Å². The number of hydrogen-bond donors (Lipinski definition) is 4. The summed E-state index contributed by atoms with van der Waals surface area (Å²) in [6.07, 6.45) is -3.06. The lowest BCUT2D eigenvalue weighted by molar-refractivity contribution is -0.205. The molecule has 1 saturated heterocycles. The monoisotopic (exact) mass is 388 g/mol. The van der Waals surface area contributed by atoms with E-state index in [1.54, 1.807) is 0 Å². The molecule has 24 heavy (non-hydrogen) atoms. The Labute approximate surface area is 144 Å². The number of rotatable bonds is 8. The summed E-state index contributed by atoms with van der Waals surface area (Å²) < 4.78 is 40.8. The fourth-order valence-electron chi connectivity index (χ4n) is 2.04. The standard InChI is InChI=1S/C12H23NO9S2/c1-2-3-4-5-8(13-22-24(18,19)20)23-12-11(17)10(16)9(15)7(6-14)21-12/h7,9-12,14-17H,2-6H2,1H3,(H,18,19,20)/p-1/b13-8+/t7-,9-,10+,11-,12+/m1/s1. The molecule has 0 aromatic rings. The van der Waals surface area contributed by atoms with Gasteiger partial charge in [0.2, 0.25) is 0 Å². The van der Waals surface area contributed by atoms with E-state index in [1.807, 2.05) is 6.92 Å². The highest BCUT2D eigenvalue weighted by Gasteiger charge is 2.44. The van der Waals surface area contributed by atoms with Gasteiger partial charge in [-0.25, -0.2) is 0 Å². The third-order valence-electron chi connectivity index (χ3n) is 3.33. The van der Waals surface area contributed by atoms with Gasteiger partial charge in [0.25, 0.3) is 10.4 Å². The molecule has 0 aromatic carbocycles. The maximum atomic E-state index is 10.5. The largest absolute Gasteiger partial charge is 0.714 e. The zero-order valence-corrected chi connectivity index (χ0v) is 14.6. The van der Waals surface area contributed by atoms with E-state index in [4.69, 9.17) is 9.84 Å². The van der Waals surface area contributed by atoms with Crippen molar-refractivity contribution in [3.8, 4) is 0 Å². The van der Waals surface area contributed by atoms with Gasteiger partial charge in [-0.05, 0) is 12.8 Å². The van der Waals surface area contributed by atoms with Gasteiger partial charge in [0.05, 0.1) is 6.61 Å². The van der Waals surface area contributed by atoms with Gasteiger partial charge < -0.3 is 29.7 Å². The van der Waals surface area contributed by atoms with Gasteiger partial charge in [-0.1, -0.05) is 36.7 Å². The number of aliphatic hydroxyl groups is 4. The fraction of sp³-hybridized carbons (Fsp3) is 0.917. The van der Waals surface area contributed by atoms with E-state index in [1.165, 1.54) is 0 Å². The predicted octanol–water partition coefficient (Wildman–Crippen LogP) is -1.11. The van der Waals surface area contributed by atoms with Crippen LogP contribution >= 0.6 is 11.8 Å². The number of thioether (sulfide) groups is 1. The second kappa shape index (κ2) is 9.87. The number of hydrogen-bond acceptors (Lipinski definition) is 11. The molecule has 5 atom stereocenters. The summed E-state index contributed by atoms with van der Waals surface area (Å²) in [4.78, 5) is 0. The van der Waals surface area contributed by atoms with Crippen molar-refractivity contribution in [2.45, 2.75) is 62.5 Å². The van der Waals surface area contributed by atoms with Gasteiger partial charge in [0.1, 0.15) is 34.9 Å². The summed E-state index contributed by atoms with van der Waals surface area (Å²) in [6, 6.07) is 0. The van der Waals surface area contributed by atoms with Gasteiger partial charge in [-0.3, -0.25) is 4.28 Å². The molecule has 10 nitrogen and oxygen atoms in total. The van der Waals surface area contributed by atoms with Crippen LogP contribution in [-0.2, 0) is 19.4 Å². The Morgan fingerprint density at radius 1 is 1.25 bits per heavy atom. The molecule has 0 aromatic heterocycles. The topological polar surface area (TPSA) is 169 Å². The minimum Gasteiger partial charge on any atom is -0.714 e. The van der Waals surface area contributed by atoms with E-state index in [0.717, 1.165) is 24.6 Å². The summed E-state index contributed by atoms with van der Waals surface area (Å²) in [5.41, 5.74) is -1.13. The Kier molecular flexibility index (Phi) is 8.87. The van der Waals surface area contributed by atoms with E-state index in [9.17, 15) is 28.3 Å². The molecule has 0 spiro atoms. The Bertz CT molecular complexity index is 511. The van der Waals surface area contributed by atoms with Crippen LogP contribution < -0.4 is 0 Å². The lowest BCUT2D eigenvalue weighted by Crippen LogP contribution is -2.57. The van der Waals surface area contributed by atoms with Gasteiger partial charge in [-0.2, -0.15) is 8.42 Å². The number of unbranched alkanes of at least 4 members (excludes halogenated alkanes) is 2. The molecule has 1 heterocycles.